The third kappa shape index (κ3) is 6.16. The van der Waals surface area contributed by atoms with Crippen LogP contribution in [0.15, 0.2) is 42.5 Å². The topological polar surface area (TPSA) is 72.9 Å². The number of para-hydroxylation sites is 1. The fourth-order valence-electron chi connectivity index (χ4n) is 4.27. The van der Waals surface area contributed by atoms with Crippen molar-refractivity contribution in [1.29, 1.82) is 0 Å². The summed E-state index contributed by atoms with van der Waals surface area (Å²) in [6.07, 6.45) is 3.23. The number of hydrogen-bond acceptors (Lipinski definition) is 5. The number of carbonyl (C=O) groups is 1. The normalized spacial score (nSPS) is 19.1. The molecule has 1 fully saturated rings. The number of nitrogens with zero attached hydrogens (tertiary/aromatic N) is 1. The van der Waals surface area contributed by atoms with Gasteiger partial charge in [-0.2, -0.15) is 8.42 Å². The lowest BCUT2D eigenvalue weighted by Crippen LogP contribution is -2.49. The van der Waals surface area contributed by atoms with Crippen molar-refractivity contribution < 1.29 is 22.1 Å². The van der Waals surface area contributed by atoms with E-state index in [9.17, 15) is 13.2 Å². The van der Waals surface area contributed by atoms with Gasteiger partial charge in [-0.1, -0.05) is 47.5 Å². The molecule has 0 unspecified atom stereocenters. The van der Waals surface area contributed by atoms with Crippen LogP contribution in [0.5, 0.6) is 5.75 Å². The zero-order valence-corrected chi connectivity index (χ0v) is 20.5. The lowest BCUT2D eigenvalue weighted by molar-refractivity contribution is -0.133. The second kappa shape index (κ2) is 10.4. The fraction of sp³-hybridized carbons (Fsp3) is 0.435. The van der Waals surface area contributed by atoms with Crippen LogP contribution in [0, 0.1) is 0 Å². The summed E-state index contributed by atoms with van der Waals surface area (Å²) in [7, 11) is -1.98. The van der Waals surface area contributed by atoms with Crippen LogP contribution in [-0.4, -0.2) is 52.3 Å². The third-order valence-corrected chi connectivity index (χ3v) is 7.21. The van der Waals surface area contributed by atoms with Crippen molar-refractivity contribution in [1.82, 2.24) is 4.90 Å². The Kier molecular flexibility index (Phi) is 8.09. The number of hydrogen-bond donors (Lipinski definition) is 0. The van der Waals surface area contributed by atoms with Crippen LogP contribution in [0.25, 0.3) is 0 Å². The molecule has 3 rings (SSSR count). The van der Waals surface area contributed by atoms with Crippen molar-refractivity contribution in [2.75, 3.05) is 33.1 Å². The molecule has 6 nitrogen and oxygen atoms in total. The predicted molar refractivity (Wildman–Crippen MR) is 126 cm³/mol. The van der Waals surface area contributed by atoms with Crippen LogP contribution in [0.4, 0.5) is 0 Å². The molecule has 0 aromatic heterocycles. The standard InChI is InChI=1S/C23H27Cl2NO5S/c1-30-21-7-4-3-6-17(21)14-22(27)26-12-5-10-23(16-26,11-13-31-32(2,28)29)18-8-9-19(24)20(25)15-18/h3-4,6-9,15H,5,10-14,16H2,1-2H3/t23-/m1/s1. The molecule has 0 N–H and O–H groups in total. The van der Waals surface area contributed by atoms with Gasteiger partial charge in [0.25, 0.3) is 10.1 Å². The quantitative estimate of drug-likeness (QED) is 0.500. The van der Waals surface area contributed by atoms with E-state index < -0.39 is 15.5 Å². The highest BCUT2D eigenvalue weighted by Crippen LogP contribution is 2.40. The number of ether oxygens (including phenoxy) is 1. The minimum atomic E-state index is -3.57. The second-order valence-electron chi connectivity index (χ2n) is 8.09. The first-order valence-corrected chi connectivity index (χ1v) is 12.9. The molecule has 1 amide bonds. The average Bonchev–Trinajstić information content (AvgIpc) is 2.75. The van der Waals surface area contributed by atoms with Crippen molar-refractivity contribution >= 4 is 39.2 Å². The first-order chi connectivity index (χ1) is 15.1. The molecule has 0 radical (unpaired) electrons. The van der Waals surface area contributed by atoms with Crippen LogP contribution in [0.1, 0.15) is 30.4 Å². The Hall–Kier alpha value is -1.80. The van der Waals surface area contributed by atoms with Crippen LogP contribution in [0.2, 0.25) is 10.0 Å². The molecule has 1 heterocycles. The van der Waals surface area contributed by atoms with Gasteiger partial charge in [-0.05, 0) is 43.0 Å². The second-order valence-corrected chi connectivity index (χ2v) is 10.6. The number of benzene rings is 2. The Balaban J connectivity index is 1.86. The molecule has 174 valence electrons. The summed E-state index contributed by atoms with van der Waals surface area (Å²) in [5, 5.41) is 0.864. The minimum Gasteiger partial charge on any atom is -0.496 e. The third-order valence-electron chi connectivity index (χ3n) is 5.87. The molecule has 0 bridgehead atoms. The first kappa shape index (κ1) is 24.8. The predicted octanol–water partition coefficient (Wildman–Crippen LogP) is 4.47. The maximum Gasteiger partial charge on any atom is 0.264 e. The van der Waals surface area contributed by atoms with E-state index in [0.29, 0.717) is 35.3 Å². The Labute approximate surface area is 199 Å². The zero-order valence-electron chi connectivity index (χ0n) is 18.1. The van der Waals surface area contributed by atoms with Gasteiger partial charge in [0.15, 0.2) is 0 Å². The molecule has 1 atom stereocenters. The van der Waals surface area contributed by atoms with E-state index >= 15 is 0 Å². The first-order valence-electron chi connectivity index (χ1n) is 10.3. The Morgan fingerprint density at radius 1 is 1.16 bits per heavy atom. The van der Waals surface area contributed by atoms with E-state index in [1.807, 2.05) is 35.2 Å². The number of likely N-dealkylation sites (tertiary alicyclic amines) is 1. The average molecular weight is 500 g/mol. The van der Waals surface area contributed by atoms with Crippen LogP contribution in [-0.2, 0) is 30.9 Å². The monoisotopic (exact) mass is 499 g/mol. The van der Waals surface area contributed by atoms with E-state index in [1.165, 1.54) is 0 Å². The molecule has 0 saturated carbocycles. The molecule has 1 aliphatic heterocycles. The molecule has 9 heteroatoms. The van der Waals surface area contributed by atoms with Gasteiger partial charge in [0, 0.05) is 24.1 Å². The molecule has 32 heavy (non-hydrogen) atoms. The van der Waals surface area contributed by atoms with Gasteiger partial charge in [-0.3, -0.25) is 8.98 Å². The lowest BCUT2D eigenvalue weighted by atomic mass is 9.72. The molecule has 0 aliphatic carbocycles. The van der Waals surface area contributed by atoms with E-state index in [4.69, 9.17) is 32.1 Å². The largest absolute Gasteiger partial charge is 0.496 e. The van der Waals surface area contributed by atoms with Crippen LogP contribution in [0.3, 0.4) is 0 Å². The smallest absolute Gasteiger partial charge is 0.264 e. The van der Waals surface area contributed by atoms with Crippen LogP contribution < -0.4 is 4.74 Å². The van der Waals surface area contributed by atoms with Crippen molar-refractivity contribution in [2.45, 2.75) is 31.1 Å². The van der Waals surface area contributed by atoms with Gasteiger partial charge in [-0.25, -0.2) is 0 Å². The number of piperidine rings is 1. The Bertz CT molecular complexity index is 1080. The number of rotatable bonds is 8. The molecule has 2 aromatic rings. The number of methoxy groups -OCH3 is 1. The van der Waals surface area contributed by atoms with Gasteiger partial charge in [0.05, 0.1) is 36.4 Å². The molecule has 1 aliphatic rings. The lowest BCUT2D eigenvalue weighted by Gasteiger charge is -2.43. The van der Waals surface area contributed by atoms with Crippen LogP contribution >= 0.6 is 23.2 Å². The highest BCUT2D eigenvalue weighted by molar-refractivity contribution is 7.85. The minimum absolute atomic E-state index is 0.0114. The molecule has 2 aromatic carbocycles. The van der Waals surface area contributed by atoms with Gasteiger partial charge in [0.2, 0.25) is 5.91 Å². The number of halogens is 2. The van der Waals surface area contributed by atoms with Crippen molar-refractivity contribution in [2.24, 2.45) is 0 Å². The zero-order chi connectivity index (χ0) is 23.4. The van der Waals surface area contributed by atoms with Gasteiger partial charge < -0.3 is 9.64 Å². The van der Waals surface area contributed by atoms with Gasteiger partial charge >= 0.3 is 0 Å². The summed E-state index contributed by atoms with van der Waals surface area (Å²) >= 11 is 12.4. The van der Waals surface area contributed by atoms with Gasteiger partial charge in [-0.15, -0.1) is 0 Å². The number of amides is 1. The molecule has 1 saturated heterocycles. The molecular weight excluding hydrogens is 473 g/mol. The van der Waals surface area contributed by atoms with Crippen molar-refractivity contribution in [3.63, 3.8) is 0 Å². The summed E-state index contributed by atoms with van der Waals surface area (Å²) < 4.78 is 33.5. The summed E-state index contributed by atoms with van der Waals surface area (Å²) in [5.74, 6) is 0.665. The molecular formula is C23H27Cl2NO5S. The van der Waals surface area contributed by atoms with E-state index in [1.54, 1.807) is 19.2 Å². The molecule has 0 spiro atoms. The SMILES string of the molecule is COc1ccccc1CC(=O)N1CCC[C@](CCOS(C)(=O)=O)(c2ccc(Cl)c(Cl)c2)C1. The summed E-state index contributed by atoms with van der Waals surface area (Å²) in [5.41, 5.74) is 1.25. The van der Waals surface area contributed by atoms with E-state index in [2.05, 4.69) is 0 Å². The maximum absolute atomic E-state index is 13.2. The summed E-state index contributed by atoms with van der Waals surface area (Å²) in [6.45, 7) is 1.09. The highest BCUT2D eigenvalue weighted by atomic mass is 35.5. The van der Waals surface area contributed by atoms with Crippen molar-refractivity contribution in [3.8, 4) is 5.75 Å². The van der Waals surface area contributed by atoms with E-state index in [-0.39, 0.29) is 18.9 Å². The summed E-state index contributed by atoms with van der Waals surface area (Å²) in [4.78, 5) is 15.0. The number of carbonyl (C=O) groups excluding carboxylic acids is 1. The van der Waals surface area contributed by atoms with Gasteiger partial charge in [0.1, 0.15) is 5.75 Å². The Morgan fingerprint density at radius 3 is 2.59 bits per heavy atom. The Morgan fingerprint density at radius 2 is 1.91 bits per heavy atom. The summed E-state index contributed by atoms with van der Waals surface area (Å²) in [6, 6.07) is 12.9. The highest BCUT2D eigenvalue weighted by Gasteiger charge is 2.39. The fourth-order valence-corrected chi connectivity index (χ4v) is 4.95. The van der Waals surface area contributed by atoms with Crippen molar-refractivity contribution in [3.05, 3.63) is 63.6 Å². The maximum atomic E-state index is 13.2. The van der Waals surface area contributed by atoms with E-state index in [0.717, 1.165) is 30.2 Å².